The molecule has 3 heterocycles. The third-order valence-corrected chi connectivity index (χ3v) is 4.81. The van der Waals surface area contributed by atoms with Crippen molar-refractivity contribution in [1.29, 1.82) is 0 Å². The van der Waals surface area contributed by atoms with E-state index < -0.39 is 0 Å². The molecule has 24 heavy (non-hydrogen) atoms. The van der Waals surface area contributed by atoms with E-state index >= 15 is 0 Å². The molecular formula is C18H21N3O3. The molecule has 1 aliphatic carbocycles. The second-order valence-corrected chi connectivity index (χ2v) is 6.58. The van der Waals surface area contributed by atoms with E-state index in [9.17, 15) is 4.79 Å². The molecule has 6 heteroatoms. The number of pyridine rings is 1. The van der Waals surface area contributed by atoms with Crippen LogP contribution in [0.15, 0.2) is 35.1 Å². The van der Waals surface area contributed by atoms with Crippen LogP contribution in [0.1, 0.15) is 59.5 Å². The smallest absolute Gasteiger partial charge is 0.273 e. The lowest BCUT2D eigenvalue weighted by atomic mass is 9.87. The monoisotopic (exact) mass is 327 g/mol. The summed E-state index contributed by atoms with van der Waals surface area (Å²) in [5, 5.41) is 7.08. The molecule has 0 bridgehead atoms. The number of nitrogens with zero attached hydrogens (tertiary/aromatic N) is 2. The number of hydrogen-bond acceptors (Lipinski definition) is 5. The third kappa shape index (κ3) is 3.33. The Balaban J connectivity index is 1.52. The molecule has 1 amide bonds. The summed E-state index contributed by atoms with van der Waals surface area (Å²) in [5.41, 5.74) is 1.38. The zero-order chi connectivity index (χ0) is 16.4. The number of rotatable bonds is 5. The van der Waals surface area contributed by atoms with Gasteiger partial charge in [0.05, 0.1) is 6.04 Å². The van der Waals surface area contributed by atoms with Gasteiger partial charge < -0.3 is 14.6 Å². The Hall–Kier alpha value is -2.21. The summed E-state index contributed by atoms with van der Waals surface area (Å²) in [6, 6.07) is 5.59. The van der Waals surface area contributed by atoms with Gasteiger partial charge in [-0.3, -0.25) is 9.78 Å². The molecular weight excluding hydrogens is 306 g/mol. The number of ether oxygens (including phenoxy) is 1. The van der Waals surface area contributed by atoms with Crippen LogP contribution in [0.5, 0.6) is 0 Å². The minimum Gasteiger partial charge on any atom is -0.381 e. The van der Waals surface area contributed by atoms with Crippen LogP contribution >= 0.6 is 0 Å². The predicted molar refractivity (Wildman–Crippen MR) is 86.5 cm³/mol. The fourth-order valence-corrected chi connectivity index (χ4v) is 3.25. The highest BCUT2D eigenvalue weighted by molar-refractivity contribution is 5.92. The molecule has 2 aromatic heterocycles. The summed E-state index contributed by atoms with van der Waals surface area (Å²) in [7, 11) is 0. The van der Waals surface area contributed by atoms with Gasteiger partial charge in [0, 0.05) is 37.6 Å². The minimum atomic E-state index is -0.189. The highest BCUT2D eigenvalue weighted by Crippen LogP contribution is 2.40. The molecule has 2 fully saturated rings. The molecule has 2 aliphatic rings. The second kappa shape index (κ2) is 6.73. The number of aromatic nitrogens is 2. The Morgan fingerprint density at radius 3 is 2.79 bits per heavy atom. The minimum absolute atomic E-state index is 0.0869. The maximum Gasteiger partial charge on any atom is 0.273 e. The summed E-state index contributed by atoms with van der Waals surface area (Å²) in [6.45, 7) is 1.46. The zero-order valence-corrected chi connectivity index (χ0v) is 13.5. The standard InChI is InChI=1S/C18H21N3O3/c22-18(15-10-16(24-21-15)12-3-4-12)20-17(13-5-8-23-9-6-13)14-2-1-7-19-11-14/h1-2,7,10-13,17H,3-6,8-9H2,(H,20,22)/t17-/m0/s1. The van der Waals surface area contributed by atoms with Crippen molar-refractivity contribution in [2.45, 2.75) is 37.6 Å². The van der Waals surface area contributed by atoms with Crippen LogP contribution in [0, 0.1) is 5.92 Å². The highest BCUT2D eigenvalue weighted by Gasteiger charge is 2.31. The topological polar surface area (TPSA) is 77.2 Å². The molecule has 0 radical (unpaired) electrons. The maximum absolute atomic E-state index is 12.6. The number of carbonyl (C=O) groups excluding carboxylic acids is 1. The molecule has 1 saturated carbocycles. The Labute approximate surface area is 140 Å². The predicted octanol–water partition coefficient (Wildman–Crippen LogP) is 2.84. The number of carbonyl (C=O) groups is 1. The molecule has 0 spiro atoms. The number of nitrogens with one attached hydrogen (secondary N) is 1. The first kappa shape index (κ1) is 15.3. The van der Waals surface area contributed by atoms with Crippen molar-refractivity contribution in [1.82, 2.24) is 15.5 Å². The largest absolute Gasteiger partial charge is 0.381 e. The molecule has 6 nitrogen and oxygen atoms in total. The summed E-state index contributed by atoms with van der Waals surface area (Å²) >= 11 is 0. The number of amides is 1. The van der Waals surface area contributed by atoms with Gasteiger partial charge in [0.25, 0.3) is 5.91 Å². The Kier molecular flexibility index (Phi) is 4.30. The zero-order valence-electron chi connectivity index (χ0n) is 13.5. The summed E-state index contributed by atoms with van der Waals surface area (Å²) in [4.78, 5) is 16.8. The van der Waals surface area contributed by atoms with Crippen LogP contribution in [-0.4, -0.2) is 29.3 Å². The first-order chi connectivity index (χ1) is 11.8. The molecule has 2 aromatic rings. The van der Waals surface area contributed by atoms with E-state index in [2.05, 4.69) is 15.5 Å². The average molecular weight is 327 g/mol. The van der Waals surface area contributed by atoms with E-state index in [4.69, 9.17) is 9.26 Å². The molecule has 1 aliphatic heterocycles. The average Bonchev–Trinajstić information content (AvgIpc) is 3.38. The van der Waals surface area contributed by atoms with Gasteiger partial charge in [-0.25, -0.2) is 0 Å². The third-order valence-electron chi connectivity index (χ3n) is 4.81. The van der Waals surface area contributed by atoms with Gasteiger partial charge in [-0.1, -0.05) is 11.2 Å². The van der Waals surface area contributed by atoms with Crippen LogP contribution in [0.4, 0.5) is 0 Å². The lowest BCUT2D eigenvalue weighted by molar-refractivity contribution is 0.0512. The molecule has 0 aromatic carbocycles. The van der Waals surface area contributed by atoms with Crippen LogP contribution in [-0.2, 0) is 4.74 Å². The van der Waals surface area contributed by atoms with E-state index in [0.29, 0.717) is 17.5 Å². The first-order valence-corrected chi connectivity index (χ1v) is 8.56. The Bertz CT molecular complexity index is 691. The van der Waals surface area contributed by atoms with Crippen LogP contribution in [0.2, 0.25) is 0 Å². The van der Waals surface area contributed by atoms with Gasteiger partial charge in [0.2, 0.25) is 0 Å². The van der Waals surface area contributed by atoms with Crippen LogP contribution in [0.25, 0.3) is 0 Å². The first-order valence-electron chi connectivity index (χ1n) is 8.56. The molecule has 0 unspecified atom stereocenters. The maximum atomic E-state index is 12.6. The van der Waals surface area contributed by atoms with Gasteiger partial charge in [0.1, 0.15) is 5.76 Å². The van der Waals surface area contributed by atoms with Crippen molar-refractivity contribution in [2.75, 3.05) is 13.2 Å². The SMILES string of the molecule is O=C(N[C@H](c1cccnc1)C1CCOCC1)c1cc(C2CC2)on1. The fraction of sp³-hybridized carbons (Fsp3) is 0.500. The molecule has 1 saturated heterocycles. The van der Waals surface area contributed by atoms with Gasteiger partial charge in [-0.05, 0) is 43.2 Å². The normalized spacial score (nSPS) is 19.8. The number of hydrogen-bond donors (Lipinski definition) is 1. The van der Waals surface area contributed by atoms with E-state index in [1.165, 1.54) is 0 Å². The quantitative estimate of drug-likeness (QED) is 0.914. The fourth-order valence-electron chi connectivity index (χ4n) is 3.25. The van der Waals surface area contributed by atoms with Gasteiger partial charge in [-0.15, -0.1) is 0 Å². The molecule has 1 atom stereocenters. The molecule has 1 N–H and O–H groups in total. The highest BCUT2D eigenvalue weighted by atomic mass is 16.5. The van der Waals surface area contributed by atoms with E-state index in [-0.39, 0.29) is 11.9 Å². The van der Waals surface area contributed by atoms with Crippen molar-refractivity contribution in [3.8, 4) is 0 Å². The Morgan fingerprint density at radius 2 is 2.08 bits per heavy atom. The van der Waals surface area contributed by atoms with Crippen molar-refractivity contribution in [3.05, 3.63) is 47.6 Å². The lowest BCUT2D eigenvalue weighted by Crippen LogP contribution is -2.36. The molecule has 126 valence electrons. The van der Waals surface area contributed by atoms with Gasteiger partial charge >= 0.3 is 0 Å². The van der Waals surface area contributed by atoms with Gasteiger partial charge in [-0.2, -0.15) is 0 Å². The molecule has 4 rings (SSSR count). The Morgan fingerprint density at radius 1 is 1.25 bits per heavy atom. The summed E-state index contributed by atoms with van der Waals surface area (Å²) in [6.07, 6.45) is 7.65. The second-order valence-electron chi connectivity index (χ2n) is 6.58. The van der Waals surface area contributed by atoms with Crippen LogP contribution < -0.4 is 5.32 Å². The van der Waals surface area contributed by atoms with E-state index in [0.717, 1.165) is 50.2 Å². The van der Waals surface area contributed by atoms with E-state index in [1.807, 2.05) is 18.3 Å². The summed E-state index contributed by atoms with van der Waals surface area (Å²) < 4.78 is 10.8. The summed E-state index contributed by atoms with van der Waals surface area (Å²) in [5.74, 6) is 1.42. The van der Waals surface area contributed by atoms with Crippen molar-refractivity contribution < 1.29 is 14.1 Å². The van der Waals surface area contributed by atoms with Crippen molar-refractivity contribution >= 4 is 5.91 Å². The van der Waals surface area contributed by atoms with Gasteiger partial charge in [0.15, 0.2) is 5.69 Å². The van der Waals surface area contributed by atoms with Crippen LogP contribution in [0.3, 0.4) is 0 Å². The van der Waals surface area contributed by atoms with E-state index in [1.54, 1.807) is 12.3 Å². The van der Waals surface area contributed by atoms with Crippen molar-refractivity contribution in [2.24, 2.45) is 5.92 Å². The lowest BCUT2D eigenvalue weighted by Gasteiger charge is -2.30. The van der Waals surface area contributed by atoms with Crippen molar-refractivity contribution in [3.63, 3.8) is 0 Å².